The predicted octanol–water partition coefficient (Wildman–Crippen LogP) is 2.05. The number of rotatable bonds is 5. The third kappa shape index (κ3) is 3.43. The number of benzene rings is 1. The Morgan fingerprint density at radius 2 is 2.41 bits per heavy atom. The zero-order valence-electron chi connectivity index (χ0n) is 8.96. The van der Waals surface area contributed by atoms with Gasteiger partial charge in [-0.2, -0.15) is 5.26 Å². The van der Waals surface area contributed by atoms with E-state index in [0.29, 0.717) is 12.3 Å². The highest BCUT2D eigenvalue weighted by Gasteiger charge is 1.98. The fourth-order valence-corrected chi connectivity index (χ4v) is 1.72. The fourth-order valence-electron chi connectivity index (χ4n) is 1.27. The quantitative estimate of drug-likeness (QED) is 0.874. The van der Waals surface area contributed by atoms with Crippen LogP contribution in [-0.4, -0.2) is 16.2 Å². The molecule has 0 aliphatic heterocycles. The number of ether oxygens (including phenoxy) is 1. The third-order valence-electron chi connectivity index (χ3n) is 2.02. The summed E-state index contributed by atoms with van der Waals surface area (Å²) in [6, 6.07) is 9.39. The lowest BCUT2D eigenvalue weighted by Crippen LogP contribution is -2.00. The first-order valence-corrected chi connectivity index (χ1v) is 5.82. The molecule has 0 saturated carbocycles. The number of hydrogen-bond acceptors (Lipinski definition) is 6. The van der Waals surface area contributed by atoms with Crippen molar-refractivity contribution < 1.29 is 4.74 Å². The number of aromatic nitrogens is 2. The molecule has 1 aromatic carbocycles. The van der Waals surface area contributed by atoms with Crippen LogP contribution in [0.25, 0.3) is 0 Å². The Balaban J connectivity index is 1.94. The Bertz CT molecular complexity index is 506. The maximum atomic E-state index is 8.42. The SMILES string of the molecule is N#CCOc1cccc(NCc2csnn2)c1. The van der Waals surface area contributed by atoms with Crippen LogP contribution in [0.5, 0.6) is 5.75 Å². The van der Waals surface area contributed by atoms with E-state index in [2.05, 4.69) is 14.9 Å². The van der Waals surface area contributed by atoms with Gasteiger partial charge in [-0.25, -0.2) is 0 Å². The van der Waals surface area contributed by atoms with Crippen LogP contribution in [-0.2, 0) is 6.54 Å². The molecule has 1 aromatic heterocycles. The summed E-state index contributed by atoms with van der Waals surface area (Å²) in [7, 11) is 0. The molecule has 17 heavy (non-hydrogen) atoms. The summed E-state index contributed by atoms with van der Waals surface area (Å²) >= 11 is 1.33. The van der Waals surface area contributed by atoms with E-state index >= 15 is 0 Å². The van der Waals surface area contributed by atoms with Crippen LogP contribution >= 0.6 is 11.5 Å². The fraction of sp³-hybridized carbons (Fsp3) is 0.182. The van der Waals surface area contributed by atoms with Gasteiger partial charge in [-0.1, -0.05) is 10.6 Å². The zero-order valence-corrected chi connectivity index (χ0v) is 9.78. The molecule has 2 rings (SSSR count). The molecular formula is C11H10N4OS. The Kier molecular flexibility index (Phi) is 3.89. The molecule has 6 heteroatoms. The molecule has 0 aliphatic carbocycles. The molecular weight excluding hydrogens is 236 g/mol. The molecule has 0 bridgehead atoms. The molecule has 1 heterocycles. The largest absolute Gasteiger partial charge is 0.479 e. The van der Waals surface area contributed by atoms with E-state index in [1.807, 2.05) is 35.7 Å². The van der Waals surface area contributed by atoms with Crippen LogP contribution in [0.15, 0.2) is 29.6 Å². The van der Waals surface area contributed by atoms with Gasteiger partial charge < -0.3 is 10.1 Å². The summed E-state index contributed by atoms with van der Waals surface area (Å²) < 4.78 is 8.99. The van der Waals surface area contributed by atoms with Crippen molar-refractivity contribution in [1.82, 2.24) is 9.59 Å². The average Bonchev–Trinajstić information content (AvgIpc) is 2.87. The number of nitriles is 1. The third-order valence-corrected chi connectivity index (χ3v) is 2.57. The summed E-state index contributed by atoms with van der Waals surface area (Å²) in [6.45, 7) is 0.678. The van der Waals surface area contributed by atoms with Crippen molar-refractivity contribution in [3.05, 3.63) is 35.3 Å². The van der Waals surface area contributed by atoms with Gasteiger partial charge in [0.05, 0.1) is 12.2 Å². The van der Waals surface area contributed by atoms with E-state index in [-0.39, 0.29) is 6.61 Å². The van der Waals surface area contributed by atoms with Gasteiger partial charge in [-0.05, 0) is 23.7 Å². The van der Waals surface area contributed by atoms with Crippen molar-refractivity contribution in [1.29, 1.82) is 5.26 Å². The van der Waals surface area contributed by atoms with Crippen LogP contribution in [0.4, 0.5) is 5.69 Å². The minimum absolute atomic E-state index is 0.0550. The zero-order chi connectivity index (χ0) is 11.9. The van der Waals surface area contributed by atoms with Crippen molar-refractivity contribution in [2.45, 2.75) is 6.54 Å². The molecule has 0 aliphatic rings. The molecule has 86 valence electrons. The summed E-state index contributed by atoms with van der Waals surface area (Å²) in [4.78, 5) is 0. The first-order chi connectivity index (χ1) is 8.38. The van der Waals surface area contributed by atoms with E-state index in [9.17, 15) is 0 Å². The van der Waals surface area contributed by atoms with Gasteiger partial charge >= 0.3 is 0 Å². The Hall–Kier alpha value is -2.13. The summed E-state index contributed by atoms with van der Waals surface area (Å²) in [6.07, 6.45) is 0. The lowest BCUT2D eigenvalue weighted by Gasteiger charge is -2.06. The smallest absolute Gasteiger partial charge is 0.174 e. The molecule has 0 fully saturated rings. The molecule has 0 atom stereocenters. The van der Waals surface area contributed by atoms with Crippen molar-refractivity contribution in [3.63, 3.8) is 0 Å². The molecule has 0 amide bonds. The first kappa shape index (κ1) is 11.4. The second-order valence-corrected chi connectivity index (χ2v) is 3.83. The molecule has 0 radical (unpaired) electrons. The molecule has 0 unspecified atom stereocenters. The maximum absolute atomic E-state index is 8.42. The van der Waals surface area contributed by atoms with Gasteiger partial charge in [-0.15, -0.1) is 5.10 Å². The minimum atomic E-state index is 0.0550. The average molecular weight is 246 g/mol. The van der Waals surface area contributed by atoms with Gasteiger partial charge in [0.15, 0.2) is 6.61 Å². The lowest BCUT2D eigenvalue weighted by molar-refractivity contribution is 0.368. The van der Waals surface area contributed by atoms with E-state index in [1.165, 1.54) is 11.5 Å². The second kappa shape index (κ2) is 5.82. The van der Waals surface area contributed by atoms with Crippen molar-refractivity contribution in [2.24, 2.45) is 0 Å². The highest BCUT2D eigenvalue weighted by atomic mass is 32.1. The molecule has 0 saturated heterocycles. The van der Waals surface area contributed by atoms with E-state index in [4.69, 9.17) is 10.00 Å². The summed E-state index contributed by atoms with van der Waals surface area (Å²) in [5.74, 6) is 0.674. The number of anilines is 1. The van der Waals surface area contributed by atoms with Crippen LogP contribution in [0.3, 0.4) is 0 Å². The standard InChI is InChI=1S/C11H10N4OS/c12-4-5-16-11-3-1-2-9(6-11)13-7-10-8-17-15-14-10/h1-3,6,8,13H,5,7H2. The van der Waals surface area contributed by atoms with Gasteiger partial charge in [0.1, 0.15) is 11.8 Å². The van der Waals surface area contributed by atoms with Gasteiger partial charge in [-0.3, -0.25) is 0 Å². The number of hydrogen-bond donors (Lipinski definition) is 1. The van der Waals surface area contributed by atoms with Crippen molar-refractivity contribution in [2.75, 3.05) is 11.9 Å². The minimum Gasteiger partial charge on any atom is -0.479 e. The Morgan fingerprint density at radius 3 is 3.18 bits per heavy atom. The highest BCUT2D eigenvalue weighted by Crippen LogP contribution is 2.17. The van der Waals surface area contributed by atoms with E-state index in [1.54, 1.807) is 0 Å². The summed E-state index contributed by atoms with van der Waals surface area (Å²) in [5, 5.41) is 17.5. The van der Waals surface area contributed by atoms with Crippen LogP contribution in [0.1, 0.15) is 5.69 Å². The monoisotopic (exact) mass is 246 g/mol. The Labute approximate surface area is 103 Å². The van der Waals surface area contributed by atoms with E-state index < -0.39 is 0 Å². The van der Waals surface area contributed by atoms with Crippen LogP contribution in [0, 0.1) is 11.3 Å². The van der Waals surface area contributed by atoms with Gasteiger partial charge in [0, 0.05) is 17.1 Å². The van der Waals surface area contributed by atoms with Crippen molar-refractivity contribution in [3.8, 4) is 11.8 Å². The summed E-state index contributed by atoms with van der Waals surface area (Å²) in [5.41, 5.74) is 1.83. The van der Waals surface area contributed by atoms with E-state index in [0.717, 1.165) is 11.4 Å². The van der Waals surface area contributed by atoms with Gasteiger partial charge in [0.2, 0.25) is 0 Å². The predicted molar refractivity (Wildman–Crippen MR) is 64.8 cm³/mol. The topological polar surface area (TPSA) is 70.8 Å². The van der Waals surface area contributed by atoms with Crippen LogP contribution in [0.2, 0.25) is 0 Å². The first-order valence-electron chi connectivity index (χ1n) is 4.98. The molecule has 1 N–H and O–H groups in total. The van der Waals surface area contributed by atoms with Crippen molar-refractivity contribution >= 4 is 17.2 Å². The Morgan fingerprint density at radius 1 is 1.47 bits per heavy atom. The normalized spacial score (nSPS) is 9.59. The second-order valence-electron chi connectivity index (χ2n) is 3.22. The molecule has 5 nitrogen and oxygen atoms in total. The maximum Gasteiger partial charge on any atom is 0.174 e. The highest BCUT2D eigenvalue weighted by molar-refractivity contribution is 7.03. The lowest BCUT2D eigenvalue weighted by atomic mass is 10.3. The number of nitrogens with zero attached hydrogens (tertiary/aromatic N) is 3. The molecule has 2 aromatic rings. The number of nitrogens with one attached hydrogen (secondary N) is 1. The molecule has 0 spiro atoms. The van der Waals surface area contributed by atoms with Crippen LogP contribution < -0.4 is 10.1 Å². The van der Waals surface area contributed by atoms with Gasteiger partial charge in [0.25, 0.3) is 0 Å².